The normalized spacial score (nSPS) is 14.7. The van der Waals surface area contributed by atoms with E-state index in [1.165, 1.54) is 24.3 Å². The Hall–Kier alpha value is -3.04. The van der Waals surface area contributed by atoms with Crippen LogP contribution in [-0.2, 0) is 0 Å². The highest BCUT2D eigenvalue weighted by atomic mass is 19.1. The van der Waals surface area contributed by atoms with Crippen LogP contribution in [0.5, 0.6) is 0 Å². The zero-order valence-electron chi connectivity index (χ0n) is 14.2. The van der Waals surface area contributed by atoms with Crippen LogP contribution < -0.4 is 0 Å². The van der Waals surface area contributed by atoms with E-state index in [1.807, 2.05) is 11.0 Å². The summed E-state index contributed by atoms with van der Waals surface area (Å²) < 4.78 is 12.9. The number of nitriles is 1. The molecule has 26 heavy (non-hydrogen) atoms. The van der Waals surface area contributed by atoms with E-state index in [4.69, 9.17) is 5.26 Å². The first kappa shape index (κ1) is 17.8. The quantitative estimate of drug-likeness (QED) is 0.793. The molecule has 0 unspecified atom stereocenters. The van der Waals surface area contributed by atoms with Crippen molar-refractivity contribution >= 4 is 11.7 Å². The number of halogens is 1. The fourth-order valence-electron chi connectivity index (χ4n) is 2.94. The molecule has 2 aromatic carbocycles. The molecule has 1 heterocycles. The molecular weight excluding hydrogens is 333 g/mol. The van der Waals surface area contributed by atoms with Gasteiger partial charge >= 0.3 is 0 Å². The first-order valence-electron chi connectivity index (χ1n) is 8.37. The Morgan fingerprint density at radius 3 is 2.35 bits per heavy atom. The highest BCUT2D eigenvalue weighted by Gasteiger charge is 2.23. The van der Waals surface area contributed by atoms with Crippen molar-refractivity contribution in [3.63, 3.8) is 0 Å². The second-order valence-electron chi connectivity index (χ2n) is 6.19. The maximum absolute atomic E-state index is 12.9. The van der Waals surface area contributed by atoms with Crippen molar-refractivity contribution in [3.05, 3.63) is 71.0 Å². The number of amides is 1. The monoisotopic (exact) mass is 351 g/mol. The number of Topliss-reactive ketones (excluding diaryl/α,β-unsaturated/α-hetero) is 1. The van der Waals surface area contributed by atoms with E-state index in [9.17, 15) is 14.0 Å². The van der Waals surface area contributed by atoms with E-state index in [-0.39, 0.29) is 24.1 Å². The number of piperazine rings is 1. The van der Waals surface area contributed by atoms with Gasteiger partial charge in [0.25, 0.3) is 5.91 Å². The predicted molar refractivity (Wildman–Crippen MR) is 94.2 cm³/mol. The van der Waals surface area contributed by atoms with Crippen LogP contribution in [0.1, 0.15) is 26.3 Å². The maximum atomic E-state index is 12.9. The van der Waals surface area contributed by atoms with Gasteiger partial charge in [0, 0.05) is 37.3 Å². The van der Waals surface area contributed by atoms with Crippen LogP contribution in [-0.4, -0.2) is 54.2 Å². The first-order chi connectivity index (χ1) is 12.6. The number of hydrogen-bond donors (Lipinski definition) is 0. The van der Waals surface area contributed by atoms with Crippen molar-refractivity contribution in [2.45, 2.75) is 0 Å². The molecule has 0 bridgehead atoms. The van der Waals surface area contributed by atoms with Gasteiger partial charge in [-0.3, -0.25) is 14.5 Å². The summed E-state index contributed by atoms with van der Waals surface area (Å²) in [4.78, 5) is 28.5. The van der Waals surface area contributed by atoms with Gasteiger partial charge in [-0.05, 0) is 42.5 Å². The second-order valence-corrected chi connectivity index (χ2v) is 6.19. The molecule has 132 valence electrons. The molecule has 0 aliphatic carbocycles. The molecule has 1 saturated heterocycles. The molecule has 0 N–H and O–H groups in total. The smallest absolute Gasteiger partial charge is 0.253 e. The van der Waals surface area contributed by atoms with Gasteiger partial charge in [-0.25, -0.2) is 4.39 Å². The highest BCUT2D eigenvalue weighted by molar-refractivity contribution is 5.97. The Balaban J connectivity index is 1.55. The van der Waals surface area contributed by atoms with Gasteiger partial charge in [0.1, 0.15) is 5.82 Å². The average molecular weight is 351 g/mol. The third kappa shape index (κ3) is 4.13. The van der Waals surface area contributed by atoms with E-state index in [1.54, 1.807) is 29.2 Å². The minimum atomic E-state index is -0.367. The van der Waals surface area contributed by atoms with Gasteiger partial charge in [0.15, 0.2) is 5.78 Å². The number of carbonyl (C=O) groups is 2. The van der Waals surface area contributed by atoms with Crippen molar-refractivity contribution in [2.75, 3.05) is 32.7 Å². The minimum Gasteiger partial charge on any atom is -0.336 e. The summed E-state index contributed by atoms with van der Waals surface area (Å²) >= 11 is 0. The molecular formula is C20H18FN3O2. The lowest BCUT2D eigenvalue weighted by Gasteiger charge is -2.34. The molecule has 0 radical (unpaired) electrons. The second kappa shape index (κ2) is 7.89. The number of carbonyl (C=O) groups excluding carboxylic acids is 2. The Labute approximate surface area is 151 Å². The fraction of sp³-hybridized carbons (Fsp3) is 0.250. The zero-order valence-corrected chi connectivity index (χ0v) is 14.2. The van der Waals surface area contributed by atoms with Gasteiger partial charge in [0.2, 0.25) is 0 Å². The van der Waals surface area contributed by atoms with Crippen molar-refractivity contribution in [2.24, 2.45) is 0 Å². The standard InChI is InChI=1S/C20H18FN3O2/c21-18-6-4-16(5-7-18)19(25)14-23-8-10-24(11-9-23)20(26)17-3-1-2-15(12-17)13-22/h1-7,12H,8-11,14H2. The van der Waals surface area contributed by atoms with Crippen LogP contribution >= 0.6 is 0 Å². The maximum Gasteiger partial charge on any atom is 0.253 e. The van der Waals surface area contributed by atoms with E-state index >= 15 is 0 Å². The zero-order chi connectivity index (χ0) is 18.5. The molecule has 1 fully saturated rings. The molecule has 2 aromatic rings. The Morgan fingerprint density at radius 1 is 1.00 bits per heavy atom. The summed E-state index contributed by atoms with van der Waals surface area (Å²) in [5.74, 6) is -0.535. The molecule has 5 nitrogen and oxygen atoms in total. The van der Waals surface area contributed by atoms with Gasteiger partial charge in [-0.1, -0.05) is 6.07 Å². The highest BCUT2D eigenvalue weighted by Crippen LogP contribution is 2.12. The number of rotatable bonds is 4. The number of ketones is 1. The predicted octanol–water partition coefficient (Wildman–Crippen LogP) is 2.34. The van der Waals surface area contributed by atoms with Crippen LogP contribution in [0, 0.1) is 17.1 Å². The Bertz CT molecular complexity index is 850. The minimum absolute atomic E-state index is 0.0634. The summed E-state index contributed by atoms with van der Waals surface area (Å²) in [7, 11) is 0. The molecule has 1 amide bonds. The van der Waals surface area contributed by atoms with E-state index < -0.39 is 0 Å². The molecule has 1 aliphatic rings. The van der Waals surface area contributed by atoms with Crippen molar-refractivity contribution in [1.82, 2.24) is 9.80 Å². The molecule has 1 aliphatic heterocycles. The molecule has 0 aromatic heterocycles. The lowest BCUT2D eigenvalue weighted by Crippen LogP contribution is -2.49. The van der Waals surface area contributed by atoms with Crippen molar-refractivity contribution in [1.29, 1.82) is 5.26 Å². The van der Waals surface area contributed by atoms with E-state index in [0.717, 1.165) is 0 Å². The third-order valence-electron chi connectivity index (χ3n) is 4.43. The van der Waals surface area contributed by atoms with Crippen LogP contribution in [0.2, 0.25) is 0 Å². The van der Waals surface area contributed by atoms with E-state index in [0.29, 0.717) is 42.9 Å². The lowest BCUT2D eigenvalue weighted by atomic mass is 10.1. The van der Waals surface area contributed by atoms with Gasteiger partial charge in [0.05, 0.1) is 18.2 Å². The van der Waals surface area contributed by atoms with Crippen LogP contribution in [0.4, 0.5) is 4.39 Å². The summed E-state index contributed by atoms with van der Waals surface area (Å²) in [6, 6.07) is 14.2. The summed E-state index contributed by atoms with van der Waals surface area (Å²) in [6.07, 6.45) is 0. The number of nitrogens with zero attached hydrogens (tertiary/aromatic N) is 3. The number of benzene rings is 2. The van der Waals surface area contributed by atoms with Gasteiger partial charge in [-0.2, -0.15) is 5.26 Å². The molecule has 0 spiro atoms. The Morgan fingerprint density at radius 2 is 1.69 bits per heavy atom. The number of hydrogen-bond acceptors (Lipinski definition) is 4. The molecule has 3 rings (SSSR count). The molecule has 0 saturated carbocycles. The largest absolute Gasteiger partial charge is 0.336 e. The average Bonchev–Trinajstić information content (AvgIpc) is 2.68. The van der Waals surface area contributed by atoms with Gasteiger partial charge in [-0.15, -0.1) is 0 Å². The van der Waals surface area contributed by atoms with Crippen LogP contribution in [0.3, 0.4) is 0 Å². The lowest BCUT2D eigenvalue weighted by molar-refractivity contribution is 0.0624. The summed E-state index contributed by atoms with van der Waals surface area (Å²) in [5, 5.41) is 8.95. The molecule has 6 heteroatoms. The van der Waals surface area contributed by atoms with Crippen LogP contribution in [0.15, 0.2) is 48.5 Å². The van der Waals surface area contributed by atoms with Crippen LogP contribution in [0.25, 0.3) is 0 Å². The fourth-order valence-corrected chi connectivity index (χ4v) is 2.94. The van der Waals surface area contributed by atoms with Crippen molar-refractivity contribution < 1.29 is 14.0 Å². The Kier molecular flexibility index (Phi) is 5.40. The molecule has 0 atom stereocenters. The summed E-state index contributed by atoms with van der Waals surface area (Å²) in [5.41, 5.74) is 1.44. The SMILES string of the molecule is N#Cc1cccc(C(=O)N2CCN(CC(=O)c3ccc(F)cc3)CC2)c1. The summed E-state index contributed by atoms with van der Waals surface area (Å²) in [6.45, 7) is 2.48. The van der Waals surface area contributed by atoms with E-state index in [2.05, 4.69) is 0 Å². The van der Waals surface area contributed by atoms with Crippen molar-refractivity contribution in [3.8, 4) is 6.07 Å². The topological polar surface area (TPSA) is 64.4 Å². The van der Waals surface area contributed by atoms with Gasteiger partial charge < -0.3 is 4.90 Å². The third-order valence-corrected chi connectivity index (χ3v) is 4.43. The first-order valence-corrected chi connectivity index (χ1v) is 8.37.